The van der Waals surface area contributed by atoms with Crippen LogP contribution in [0.3, 0.4) is 0 Å². The van der Waals surface area contributed by atoms with Gasteiger partial charge in [0, 0.05) is 17.8 Å². The van der Waals surface area contributed by atoms with Crippen molar-refractivity contribution in [3.8, 4) is 0 Å². The number of thiophene rings is 1. The standard InChI is InChI=1S/C17H25NO2S/c1-14(19)6-9-18(2)10-12-20-11-7-15-4-3-5-16-8-13-21-17(15)16/h3-5,8,13-14,19H,6-7,9-12H2,1-2H3. The molecule has 0 aliphatic carbocycles. The third-order valence-electron chi connectivity index (χ3n) is 3.62. The second-order valence-corrected chi connectivity index (χ2v) is 6.48. The highest BCUT2D eigenvalue weighted by molar-refractivity contribution is 7.17. The smallest absolute Gasteiger partial charge is 0.0593 e. The molecule has 2 aromatic rings. The molecule has 0 saturated carbocycles. The van der Waals surface area contributed by atoms with Gasteiger partial charge < -0.3 is 14.7 Å². The van der Waals surface area contributed by atoms with Gasteiger partial charge in [0.1, 0.15) is 0 Å². The molecule has 0 fully saturated rings. The molecule has 116 valence electrons. The molecule has 2 rings (SSSR count). The monoisotopic (exact) mass is 307 g/mol. The summed E-state index contributed by atoms with van der Waals surface area (Å²) >= 11 is 1.80. The number of nitrogens with zero attached hydrogens (tertiary/aromatic N) is 1. The predicted octanol–water partition coefficient (Wildman–Crippen LogP) is 3.16. The van der Waals surface area contributed by atoms with Crippen LogP contribution in [-0.2, 0) is 11.2 Å². The lowest BCUT2D eigenvalue weighted by atomic mass is 10.1. The first-order valence-electron chi connectivity index (χ1n) is 7.56. The maximum atomic E-state index is 9.25. The molecule has 0 aliphatic heterocycles. The molecule has 1 N–H and O–H groups in total. The maximum absolute atomic E-state index is 9.25. The lowest BCUT2D eigenvalue weighted by molar-refractivity contribution is 0.106. The minimum absolute atomic E-state index is 0.223. The average Bonchev–Trinajstić information content (AvgIpc) is 2.94. The van der Waals surface area contributed by atoms with Crippen molar-refractivity contribution in [2.75, 3.05) is 33.4 Å². The maximum Gasteiger partial charge on any atom is 0.0593 e. The van der Waals surface area contributed by atoms with Crippen LogP contribution in [0.5, 0.6) is 0 Å². The number of hydrogen-bond donors (Lipinski definition) is 1. The first-order valence-corrected chi connectivity index (χ1v) is 8.44. The van der Waals surface area contributed by atoms with E-state index in [-0.39, 0.29) is 6.10 Å². The summed E-state index contributed by atoms with van der Waals surface area (Å²) in [7, 11) is 2.07. The van der Waals surface area contributed by atoms with Gasteiger partial charge >= 0.3 is 0 Å². The Hall–Kier alpha value is -0.940. The van der Waals surface area contributed by atoms with Gasteiger partial charge in [-0.1, -0.05) is 18.2 Å². The SMILES string of the molecule is CC(O)CCN(C)CCOCCc1cccc2ccsc12. The molecule has 4 heteroatoms. The molecule has 1 aromatic heterocycles. The van der Waals surface area contributed by atoms with E-state index in [0.717, 1.165) is 39.1 Å². The van der Waals surface area contributed by atoms with Crippen LogP contribution >= 0.6 is 11.3 Å². The molecule has 0 amide bonds. The molecule has 0 aliphatic rings. The van der Waals surface area contributed by atoms with Gasteiger partial charge in [0.25, 0.3) is 0 Å². The van der Waals surface area contributed by atoms with Crippen molar-refractivity contribution in [3.63, 3.8) is 0 Å². The van der Waals surface area contributed by atoms with Crippen molar-refractivity contribution in [2.45, 2.75) is 25.9 Å². The lowest BCUT2D eigenvalue weighted by Crippen LogP contribution is -2.26. The fraction of sp³-hybridized carbons (Fsp3) is 0.529. The summed E-state index contributed by atoms with van der Waals surface area (Å²) in [6, 6.07) is 8.64. The summed E-state index contributed by atoms with van der Waals surface area (Å²) in [6.07, 6.45) is 1.56. The van der Waals surface area contributed by atoms with Crippen LogP contribution in [0, 0.1) is 0 Å². The van der Waals surface area contributed by atoms with Gasteiger partial charge in [-0.05, 0) is 49.2 Å². The molecule has 3 nitrogen and oxygen atoms in total. The normalized spacial score (nSPS) is 13.1. The summed E-state index contributed by atoms with van der Waals surface area (Å²) in [6.45, 7) is 5.17. The van der Waals surface area contributed by atoms with Gasteiger partial charge in [-0.3, -0.25) is 0 Å². The lowest BCUT2D eigenvalue weighted by Gasteiger charge is -2.17. The number of ether oxygens (including phenoxy) is 1. The Labute approximate surface area is 131 Å². The number of aliphatic hydroxyl groups is 1. The zero-order chi connectivity index (χ0) is 15.1. The molecule has 0 spiro atoms. The minimum Gasteiger partial charge on any atom is -0.393 e. The molecule has 0 bridgehead atoms. The zero-order valence-electron chi connectivity index (χ0n) is 12.9. The number of hydrogen-bond acceptors (Lipinski definition) is 4. The van der Waals surface area contributed by atoms with Crippen molar-refractivity contribution in [2.24, 2.45) is 0 Å². The van der Waals surface area contributed by atoms with Crippen LogP contribution < -0.4 is 0 Å². The first-order chi connectivity index (χ1) is 10.2. The van der Waals surface area contributed by atoms with E-state index in [1.807, 2.05) is 6.92 Å². The van der Waals surface area contributed by atoms with Gasteiger partial charge in [0.2, 0.25) is 0 Å². The molecule has 1 heterocycles. The minimum atomic E-state index is -0.223. The zero-order valence-corrected chi connectivity index (χ0v) is 13.7. The number of aliphatic hydroxyl groups excluding tert-OH is 1. The highest BCUT2D eigenvalue weighted by Gasteiger charge is 2.03. The second kappa shape index (κ2) is 8.49. The van der Waals surface area contributed by atoms with E-state index in [0.29, 0.717) is 0 Å². The Balaban J connectivity index is 1.65. The Morgan fingerprint density at radius 3 is 2.90 bits per heavy atom. The predicted molar refractivity (Wildman–Crippen MR) is 90.1 cm³/mol. The topological polar surface area (TPSA) is 32.7 Å². The van der Waals surface area contributed by atoms with Crippen LogP contribution in [0.15, 0.2) is 29.6 Å². The van der Waals surface area contributed by atoms with Crippen molar-refractivity contribution < 1.29 is 9.84 Å². The van der Waals surface area contributed by atoms with Gasteiger partial charge in [-0.25, -0.2) is 0 Å². The fourth-order valence-electron chi connectivity index (χ4n) is 2.28. The summed E-state index contributed by atoms with van der Waals surface area (Å²) in [5, 5.41) is 12.7. The van der Waals surface area contributed by atoms with E-state index in [1.165, 1.54) is 15.6 Å². The Morgan fingerprint density at radius 2 is 2.10 bits per heavy atom. The van der Waals surface area contributed by atoms with Crippen LogP contribution in [-0.4, -0.2) is 49.5 Å². The summed E-state index contributed by atoms with van der Waals surface area (Å²) in [5.41, 5.74) is 1.38. The first kappa shape index (κ1) is 16.4. The van der Waals surface area contributed by atoms with Gasteiger partial charge in [-0.15, -0.1) is 11.3 Å². The average molecular weight is 307 g/mol. The highest BCUT2D eigenvalue weighted by Crippen LogP contribution is 2.24. The van der Waals surface area contributed by atoms with Crippen molar-refractivity contribution in [1.29, 1.82) is 0 Å². The van der Waals surface area contributed by atoms with E-state index >= 15 is 0 Å². The quantitative estimate of drug-likeness (QED) is 0.722. The van der Waals surface area contributed by atoms with Gasteiger partial charge in [0.05, 0.1) is 19.3 Å². The van der Waals surface area contributed by atoms with Crippen LogP contribution in [0.2, 0.25) is 0 Å². The summed E-state index contributed by atoms with van der Waals surface area (Å²) in [4.78, 5) is 2.20. The van der Waals surface area contributed by atoms with Crippen LogP contribution in [0.1, 0.15) is 18.9 Å². The van der Waals surface area contributed by atoms with E-state index < -0.39 is 0 Å². The molecule has 0 saturated heterocycles. The largest absolute Gasteiger partial charge is 0.393 e. The Kier molecular flexibility index (Phi) is 6.64. The molecule has 1 atom stereocenters. The van der Waals surface area contributed by atoms with Crippen molar-refractivity contribution in [1.82, 2.24) is 4.90 Å². The van der Waals surface area contributed by atoms with Crippen LogP contribution in [0.25, 0.3) is 10.1 Å². The number of likely N-dealkylation sites (N-methyl/N-ethyl adjacent to an activating group) is 1. The summed E-state index contributed by atoms with van der Waals surface area (Å²) < 4.78 is 7.13. The molecular formula is C17H25NO2S. The molecule has 1 aromatic carbocycles. The third kappa shape index (κ3) is 5.40. The fourth-order valence-corrected chi connectivity index (χ4v) is 3.22. The number of benzene rings is 1. The van der Waals surface area contributed by atoms with E-state index in [1.54, 1.807) is 11.3 Å². The van der Waals surface area contributed by atoms with E-state index in [4.69, 9.17) is 4.74 Å². The second-order valence-electron chi connectivity index (χ2n) is 5.56. The number of fused-ring (bicyclic) bond motifs is 1. The van der Waals surface area contributed by atoms with E-state index in [2.05, 4.69) is 41.6 Å². The van der Waals surface area contributed by atoms with E-state index in [9.17, 15) is 5.11 Å². The Bertz CT molecular complexity index is 538. The van der Waals surface area contributed by atoms with Crippen molar-refractivity contribution >= 4 is 21.4 Å². The number of rotatable bonds is 9. The highest BCUT2D eigenvalue weighted by atomic mass is 32.1. The molecule has 0 radical (unpaired) electrons. The van der Waals surface area contributed by atoms with Gasteiger partial charge in [0.15, 0.2) is 0 Å². The molecule has 21 heavy (non-hydrogen) atoms. The molecular weight excluding hydrogens is 282 g/mol. The van der Waals surface area contributed by atoms with Crippen LogP contribution in [0.4, 0.5) is 0 Å². The third-order valence-corrected chi connectivity index (χ3v) is 4.63. The Morgan fingerprint density at radius 1 is 1.24 bits per heavy atom. The summed E-state index contributed by atoms with van der Waals surface area (Å²) in [5.74, 6) is 0. The van der Waals surface area contributed by atoms with Gasteiger partial charge in [-0.2, -0.15) is 0 Å². The molecule has 1 unspecified atom stereocenters. The van der Waals surface area contributed by atoms with Crippen molar-refractivity contribution in [3.05, 3.63) is 35.2 Å².